The number of ether oxygens (including phenoxy) is 1. The second kappa shape index (κ2) is 10.3. The van der Waals surface area contributed by atoms with E-state index in [0.717, 1.165) is 33.5 Å². The van der Waals surface area contributed by atoms with Crippen LogP contribution in [-0.2, 0) is 19.4 Å². The van der Waals surface area contributed by atoms with Gasteiger partial charge in [-0.2, -0.15) is 5.10 Å². The molecule has 0 radical (unpaired) electrons. The molecule has 36 heavy (non-hydrogen) atoms. The number of pyridine rings is 1. The predicted octanol–water partition coefficient (Wildman–Crippen LogP) is 7.50. The van der Waals surface area contributed by atoms with Gasteiger partial charge in [0, 0.05) is 53.4 Å². The molecule has 0 saturated heterocycles. The molecule has 3 heterocycles. The van der Waals surface area contributed by atoms with E-state index < -0.39 is 6.10 Å². The van der Waals surface area contributed by atoms with Crippen LogP contribution in [0.5, 0.6) is 5.75 Å². The lowest BCUT2D eigenvalue weighted by molar-refractivity contribution is 0.223. The van der Waals surface area contributed by atoms with Crippen molar-refractivity contribution in [1.82, 2.24) is 19.7 Å². The zero-order valence-electron chi connectivity index (χ0n) is 20.4. The Morgan fingerprint density at radius 1 is 1.28 bits per heavy atom. The highest BCUT2D eigenvalue weighted by Gasteiger charge is 2.25. The number of hydrogen-bond donors (Lipinski definition) is 0. The normalized spacial score (nSPS) is 14.3. The highest BCUT2D eigenvalue weighted by molar-refractivity contribution is 9.10. The summed E-state index contributed by atoms with van der Waals surface area (Å²) >= 11 is 9.93. The largest absolute Gasteiger partial charge is 0.484 e. The summed E-state index contributed by atoms with van der Waals surface area (Å²) in [6, 6.07) is 6.50. The van der Waals surface area contributed by atoms with Crippen molar-refractivity contribution in [1.29, 1.82) is 0 Å². The lowest BCUT2D eigenvalue weighted by Gasteiger charge is -2.20. The molecule has 0 bridgehead atoms. The lowest BCUT2D eigenvalue weighted by atomic mass is 9.98. The van der Waals surface area contributed by atoms with Crippen LogP contribution in [0.15, 0.2) is 45.5 Å². The van der Waals surface area contributed by atoms with Crippen LogP contribution in [0.3, 0.4) is 0 Å². The summed E-state index contributed by atoms with van der Waals surface area (Å²) in [5.74, 6) is 2.09. The van der Waals surface area contributed by atoms with Crippen LogP contribution >= 0.6 is 27.5 Å². The first kappa shape index (κ1) is 25.0. The van der Waals surface area contributed by atoms with E-state index in [2.05, 4.69) is 31.0 Å². The van der Waals surface area contributed by atoms with Gasteiger partial charge in [0.15, 0.2) is 16.8 Å². The average molecular weight is 574 g/mol. The van der Waals surface area contributed by atoms with Gasteiger partial charge in [-0.3, -0.25) is 9.67 Å². The number of hydrogen-bond acceptors (Lipinski definition) is 5. The molecular weight excluding hydrogens is 547 g/mol. The Hall–Kier alpha value is -2.71. The fourth-order valence-electron chi connectivity index (χ4n) is 4.34. The number of aryl methyl sites for hydroxylation is 2. The zero-order chi connectivity index (χ0) is 25.4. The molecule has 4 aromatic rings. The molecule has 1 unspecified atom stereocenters. The van der Waals surface area contributed by atoms with E-state index in [9.17, 15) is 4.39 Å². The second-order valence-electron chi connectivity index (χ2n) is 9.24. The van der Waals surface area contributed by atoms with Gasteiger partial charge in [-0.25, -0.2) is 9.37 Å². The summed E-state index contributed by atoms with van der Waals surface area (Å²) in [5.41, 5.74) is 3.82. The number of benzene rings is 1. The smallest absolute Gasteiger partial charge is 0.192 e. The van der Waals surface area contributed by atoms with E-state index in [4.69, 9.17) is 20.8 Å². The molecule has 5 rings (SSSR count). The van der Waals surface area contributed by atoms with Crippen molar-refractivity contribution >= 4 is 27.5 Å². The minimum absolute atomic E-state index is 0.352. The van der Waals surface area contributed by atoms with Crippen LogP contribution in [0.1, 0.15) is 61.2 Å². The van der Waals surface area contributed by atoms with Gasteiger partial charge >= 0.3 is 0 Å². The van der Waals surface area contributed by atoms with Crippen LogP contribution in [-0.4, -0.2) is 19.7 Å². The molecule has 1 saturated carbocycles. The first-order valence-electron chi connectivity index (χ1n) is 12.1. The van der Waals surface area contributed by atoms with Gasteiger partial charge in [0.25, 0.3) is 0 Å². The molecule has 0 spiro atoms. The number of oxazole rings is 1. The lowest BCUT2D eigenvalue weighted by Crippen LogP contribution is -2.08. The third-order valence-electron chi connectivity index (χ3n) is 6.32. The molecule has 0 amide bonds. The van der Waals surface area contributed by atoms with Gasteiger partial charge in [-0.15, -0.1) is 0 Å². The van der Waals surface area contributed by atoms with Gasteiger partial charge in [0.1, 0.15) is 17.7 Å². The molecule has 0 N–H and O–H groups in total. The van der Waals surface area contributed by atoms with Crippen molar-refractivity contribution in [2.24, 2.45) is 5.92 Å². The SMILES string of the molecule is CCc1ncc(Br)cc1OC(C)c1cc(F)ccc1-c1oc(C)nc1Cc1cn(CC2CC2)nc1Cl. The van der Waals surface area contributed by atoms with E-state index in [0.29, 0.717) is 46.9 Å². The minimum Gasteiger partial charge on any atom is -0.484 e. The highest BCUT2D eigenvalue weighted by atomic mass is 79.9. The monoisotopic (exact) mass is 572 g/mol. The van der Waals surface area contributed by atoms with Crippen LogP contribution in [0.25, 0.3) is 11.3 Å². The predicted molar refractivity (Wildman–Crippen MR) is 140 cm³/mol. The Morgan fingerprint density at radius 2 is 2.08 bits per heavy atom. The molecule has 6 nitrogen and oxygen atoms in total. The molecule has 1 aliphatic rings. The van der Waals surface area contributed by atoms with Gasteiger partial charge in [-0.05, 0) is 72.3 Å². The maximum absolute atomic E-state index is 14.4. The molecular formula is C27H27BrClFN4O2. The highest BCUT2D eigenvalue weighted by Crippen LogP contribution is 2.37. The Labute approximate surface area is 223 Å². The summed E-state index contributed by atoms with van der Waals surface area (Å²) < 4.78 is 29.5. The molecule has 3 aromatic heterocycles. The minimum atomic E-state index is -0.472. The van der Waals surface area contributed by atoms with E-state index in [1.54, 1.807) is 19.2 Å². The fraction of sp³-hybridized carbons (Fsp3) is 0.370. The molecule has 0 aliphatic heterocycles. The maximum atomic E-state index is 14.4. The van der Waals surface area contributed by atoms with Crippen molar-refractivity contribution in [3.8, 4) is 17.1 Å². The molecule has 1 fully saturated rings. The summed E-state index contributed by atoms with van der Waals surface area (Å²) in [6.45, 7) is 6.59. The standard InChI is InChI=1S/C27H27BrClFN4O2/c1-4-23-25(10-19(28)12-31-23)35-15(2)22-11-20(30)7-8-21(22)26-24(32-16(3)36-26)9-18-14-34(33-27(18)29)13-17-5-6-17/h7-8,10-12,14-15,17H,4-6,9,13H2,1-3H3. The van der Waals surface area contributed by atoms with Crippen LogP contribution < -0.4 is 4.74 Å². The number of nitrogens with zero attached hydrogens (tertiary/aromatic N) is 4. The van der Waals surface area contributed by atoms with Crippen LogP contribution in [0.4, 0.5) is 4.39 Å². The molecule has 1 aromatic carbocycles. The molecule has 1 atom stereocenters. The zero-order valence-corrected chi connectivity index (χ0v) is 22.7. The number of rotatable bonds is 9. The molecule has 1 aliphatic carbocycles. The summed E-state index contributed by atoms with van der Waals surface area (Å²) in [7, 11) is 0. The summed E-state index contributed by atoms with van der Waals surface area (Å²) in [4.78, 5) is 9.08. The number of halogens is 3. The third kappa shape index (κ3) is 5.49. The Bertz CT molecular complexity index is 1400. The Kier molecular flexibility index (Phi) is 7.17. The maximum Gasteiger partial charge on any atom is 0.192 e. The van der Waals surface area contributed by atoms with Crippen molar-refractivity contribution < 1.29 is 13.5 Å². The van der Waals surface area contributed by atoms with Gasteiger partial charge in [0.2, 0.25) is 0 Å². The Morgan fingerprint density at radius 3 is 2.83 bits per heavy atom. The Balaban J connectivity index is 1.48. The van der Waals surface area contributed by atoms with Crippen LogP contribution in [0, 0.1) is 18.7 Å². The quantitative estimate of drug-likeness (QED) is 0.207. The van der Waals surface area contributed by atoms with Gasteiger partial charge in [0.05, 0.1) is 11.4 Å². The van der Waals surface area contributed by atoms with E-state index in [1.165, 1.54) is 25.0 Å². The first-order chi connectivity index (χ1) is 17.3. The van der Waals surface area contributed by atoms with E-state index >= 15 is 0 Å². The van der Waals surface area contributed by atoms with E-state index in [-0.39, 0.29) is 5.82 Å². The van der Waals surface area contributed by atoms with Crippen molar-refractivity contribution in [2.45, 2.75) is 59.1 Å². The first-order valence-corrected chi connectivity index (χ1v) is 13.3. The van der Waals surface area contributed by atoms with Crippen molar-refractivity contribution in [2.75, 3.05) is 0 Å². The summed E-state index contributed by atoms with van der Waals surface area (Å²) in [5, 5.41) is 4.93. The van der Waals surface area contributed by atoms with Crippen molar-refractivity contribution in [3.05, 3.63) is 80.5 Å². The second-order valence-corrected chi connectivity index (χ2v) is 10.5. The summed E-state index contributed by atoms with van der Waals surface area (Å²) in [6.07, 6.45) is 6.90. The average Bonchev–Trinajstić information content (AvgIpc) is 3.48. The van der Waals surface area contributed by atoms with Gasteiger partial charge < -0.3 is 9.15 Å². The number of aromatic nitrogens is 4. The van der Waals surface area contributed by atoms with Gasteiger partial charge in [-0.1, -0.05) is 18.5 Å². The third-order valence-corrected chi connectivity index (χ3v) is 7.07. The molecule has 9 heteroatoms. The topological polar surface area (TPSA) is 66.0 Å². The molecule has 188 valence electrons. The van der Waals surface area contributed by atoms with E-state index in [1.807, 2.05) is 30.8 Å². The van der Waals surface area contributed by atoms with Crippen molar-refractivity contribution in [3.63, 3.8) is 0 Å². The van der Waals surface area contributed by atoms with Crippen LogP contribution in [0.2, 0.25) is 5.15 Å². The fourth-order valence-corrected chi connectivity index (χ4v) is 4.87.